The monoisotopic (exact) mass is 385 g/mol. The predicted molar refractivity (Wildman–Crippen MR) is 111 cm³/mol. The Kier molecular flexibility index (Phi) is 58.7. The first kappa shape index (κ1) is 38.5. The van der Waals surface area contributed by atoms with E-state index in [2.05, 4.69) is 65.3 Å². The molecular weight excluding hydrogens is 342 g/mol. The molecule has 0 heterocycles. The minimum absolute atomic E-state index is 0. The van der Waals surface area contributed by atoms with Gasteiger partial charge in [-0.2, -0.15) is 56.4 Å². The molecule has 0 spiro atoms. The number of rotatable bonds is 2. The fourth-order valence-electron chi connectivity index (χ4n) is 0.775. The average Bonchev–Trinajstić information content (AvgIpc) is 2.30. The van der Waals surface area contributed by atoms with Crippen molar-refractivity contribution in [3.63, 3.8) is 0 Å². The summed E-state index contributed by atoms with van der Waals surface area (Å²) in [6, 6.07) is 0. The van der Waals surface area contributed by atoms with Crippen LogP contribution in [0.1, 0.15) is 0 Å². The molecule has 0 atom stereocenters. The molecule has 0 aromatic heterocycles. The first-order valence-electron chi connectivity index (χ1n) is 7.16. The van der Waals surface area contributed by atoms with E-state index in [0.29, 0.717) is 0 Å². The Labute approximate surface area is 160 Å². The van der Waals surface area contributed by atoms with Gasteiger partial charge in [-0.15, -0.1) is 0 Å². The zero-order valence-electron chi connectivity index (χ0n) is 17.8. The van der Waals surface area contributed by atoms with Gasteiger partial charge in [-0.05, 0) is 7.05 Å². The van der Waals surface area contributed by atoms with Gasteiger partial charge in [0.05, 0.1) is 8.96 Å². The topological polar surface area (TPSA) is 59.6 Å². The normalized spacial score (nSPS) is 8.73. The van der Waals surface area contributed by atoms with Gasteiger partial charge in [0, 0.05) is 0 Å². The van der Waals surface area contributed by atoms with Crippen molar-refractivity contribution in [2.45, 2.75) is 32.7 Å². The number of nitrogens with zero attached hydrogens (tertiary/aromatic N) is 5. The van der Waals surface area contributed by atoms with Crippen LogP contribution in [0.5, 0.6) is 0 Å². The minimum Gasteiger partial charge on any atom is -0.668 e. The maximum absolute atomic E-state index is 3.50. The maximum atomic E-state index is 3.50. The van der Waals surface area contributed by atoms with Crippen LogP contribution >= 0.6 is 0 Å². The predicted octanol–water partition coefficient (Wildman–Crippen LogP) is 4.21. The van der Waals surface area contributed by atoms with Gasteiger partial charge >= 0.3 is 21.7 Å². The molecule has 0 radical (unpaired) electrons. The molecule has 0 unspecified atom stereocenters. The van der Waals surface area contributed by atoms with E-state index in [0.717, 1.165) is 0 Å². The first-order chi connectivity index (χ1) is 9.51. The molecule has 0 bridgehead atoms. The van der Waals surface area contributed by atoms with Crippen LogP contribution in [0.15, 0.2) is 0 Å². The van der Waals surface area contributed by atoms with E-state index in [1.165, 1.54) is 0 Å². The van der Waals surface area contributed by atoms with Crippen molar-refractivity contribution < 1.29 is 21.7 Å². The third-order valence-corrected chi connectivity index (χ3v) is 9.37. The second-order valence-electron chi connectivity index (χ2n) is 5.66. The maximum Gasteiger partial charge on any atom is 4.00 e. The minimum atomic E-state index is -0.929. The van der Waals surface area contributed by atoms with Crippen molar-refractivity contribution >= 4 is 17.2 Å². The number of hydrogen-bond donors (Lipinski definition) is 0. The van der Waals surface area contributed by atoms with Gasteiger partial charge in [-0.1, -0.05) is 32.7 Å². The summed E-state index contributed by atoms with van der Waals surface area (Å²) in [5.41, 5.74) is 0. The molecule has 0 saturated carbocycles. The fourth-order valence-corrected chi connectivity index (χ4v) is 6.97. The van der Waals surface area contributed by atoms with Crippen LogP contribution in [0.3, 0.4) is 0 Å². The molecule has 136 valence electrons. The van der Waals surface area contributed by atoms with Gasteiger partial charge in [0.1, 0.15) is 8.24 Å². The molecule has 0 saturated heterocycles. The Morgan fingerprint density at radius 2 is 0.773 bits per heavy atom. The van der Waals surface area contributed by atoms with Crippen LogP contribution in [0.2, 0.25) is 32.7 Å². The Balaban J connectivity index is -0.0000000415. The summed E-state index contributed by atoms with van der Waals surface area (Å²) in [6.45, 7) is 12.0. The summed E-state index contributed by atoms with van der Waals surface area (Å²) < 4.78 is 2.63. The molecule has 22 heavy (non-hydrogen) atoms. The Hall–Kier alpha value is 0.948. The van der Waals surface area contributed by atoms with Crippen LogP contribution in [0, 0.1) is 0 Å². The summed E-state index contributed by atoms with van der Waals surface area (Å²) in [4.78, 5) is 0. The second-order valence-corrected chi connectivity index (χ2v) is 14.2. The van der Waals surface area contributed by atoms with Crippen molar-refractivity contribution in [2.75, 3.05) is 63.4 Å². The zero-order valence-corrected chi connectivity index (χ0v) is 21.5. The van der Waals surface area contributed by atoms with E-state index in [1.807, 2.05) is 0 Å². The summed E-state index contributed by atoms with van der Waals surface area (Å²) in [5, 5.41) is 14.0. The summed E-state index contributed by atoms with van der Waals surface area (Å²) in [6.07, 6.45) is 0. The average molecular weight is 386 g/mol. The van der Waals surface area contributed by atoms with Gasteiger partial charge < -0.3 is 25.5 Å². The molecule has 0 aliphatic carbocycles. The van der Waals surface area contributed by atoms with Crippen LogP contribution < -0.4 is 0 Å². The fraction of sp³-hybridized carbons (Fsp3) is 1.00. The van der Waals surface area contributed by atoms with Crippen molar-refractivity contribution in [1.82, 2.24) is 4.23 Å². The SMILES string of the molecule is CN([SiH](C)C)[Si](C)(C)C.C[N-]C.C[N-]C.C[N-]C.C[N-]C.[Ti+4]. The van der Waals surface area contributed by atoms with Crippen molar-refractivity contribution in [1.29, 1.82) is 0 Å². The van der Waals surface area contributed by atoms with E-state index in [4.69, 9.17) is 0 Å². The Morgan fingerprint density at radius 3 is 0.773 bits per heavy atom. The molecule has 0 aliphatic rings. The molecule has 5 nitrogen and oxygen atoms in total. The van der Waals surface area contributed by atoms with E-state index < -0.39 is 17.2 Å². The van der Waals surface area contributed by atoms with E-state index in [-0.39, 0.29) is 21.7 Å². The second kappa shape index (κ2) is 33.5. The Morgan fingerprint density at radius 1 is 0.636 bits per heavy atom. The summed E-state index contributed by atoms with van der Waals surface area (Å²) in [5.74, 6) is 0. The standard InChI is InChI=1S/C6H19NSi2.4C2H6N.Ti/c1-7(8(2)3)9(4,5)6;4*1-3-2;/h8H,1-6H3;4*1-2H3;/q;4*-1;+4. The molecular formula is C14H43N5Si2Ti. The van der Waals surface area contributed by atoms with E-state index >= 15 is 0 Å². The van der Waals surface area contributed by atoms with Gasteiger partial charge in [0.25, 0.3) is 0 Å². The van der Waals surface area contributed by atoms with Gasteiger partial charge in [-0.25, -0.2) is 0 Å². The van der Waals surface area contributed by atoms with Gasteiger partial charge in [0.15, 0.2) is 0 Å². The largest absolute Gasteiger partial charge is 4.00 e. The van der Waals surface area contributed by atoms with Crippen molar-refractivity contribution in [2.24, 2.45) is 0 Å². The molecule has 0 aromatic carbocycles. The van der Waals surface area contributed by atoms with E-state index in [1.54, 1.807) is 56.4 Å². The molecule has 0 fully saturated rings. The van der Waals surface area contributed by atoms with Crippen LogP contribution in [0.25, 0.3) is 21.3 Å². The van der Waals surface area contributed by atoms with Crippen molar-refractivity contribution in [3.8, 4) is 0 Å². The molecule has 0 aromatic rings. The van der Waals surface area contributed by atoms with Crippen LogP contribution in [-0.2, 0) is 21.7 Å². The summed E-state index contributed by atoms with van der Waals surface area (Å²) in [7, 11) is 14.9. The molecule has 0 aliphatic heterocycles. The summed E-state index contributed by atoms with van der Waals surface area (Å²) >= 11 is 0. The smallest absolute Gasteiger partial charge is 0.668 e. The molecule has 8 heteroatoms. The van der Waals surface area contributed by atoms with Crippen LogP contribution in [-0.4, -0.2) is 84.9 Å². The quantitative estimate of drug-likeness (QED) is 0.657. The van der Waals surface area contributed by atoms with Gasteiger partial charge in [0.2, 0.25) is 0 Å². The number of hydrogen-bond acceptors (Lipinski definition) is 1. The zero-order chi connectivity index (χ0) is 18.5. The third kappa shape index (κ3) is 69.5. The Bertz CT molecular complexity index is 140. The van der Waals surface area contributed by atoms with Crippen LogP contribution in [0.4, 0.5) is 0 Å². The molecule has 0 rings (SSSR count). The van der Waals surface area contributed by atoms with E-state index in [9.17, 15) is 0 Å². The van der Waals surface area contributed by atoms with Gasteiger partial charge in [-0.3, -0.25) is 0 Å². The molecule has 0 N–H and O–H groups in total. The third-order valence-electron chi connectivity index (χ3n) is 1.83. The van der Waals surface area contributed by atoms with Crippen molar-refractivity contribution in [3.05, 3.63) is 21.3 Å². The molecule has 0 amide bonds. The first-order valence-corrected chi connectivity index (χ1v) is 13.4.